The highest BCUT2D eigenvalue weighted by atomic mass is 32.2. The molecule has 0 amide bonds. The molecule has 0 aliphatic heterocycles. The summed E-state index contributed by atoms with van der Waals surface area (Å²) in [5.74, 6) is 3.67. The molecule has 3 aliphatic rings. The van der Waals surface area contributed by atoms with Gasteiger partial charge in [-0.15, -0.1) is 0 Å². The molecule has 4 rings (SSSR count). The van der Waals surface area contributed by atoms with Crippen molar-refractivity contribution in [2.75, 3.05) is 12.4 Å². The zero-order valence-corrected chi connectivity index (χ0v) is 12.4. The Kier molecular flexibility index (Phi) is 2.67. The number of sulfonamides is 1. The number of fused-ring (bicyclic) bond motifs is 5. The second kappa shape index (κ2) is 4.21. The summed E-state index contributed by atoms with van der Waals surface area (Å²) >= 11 is 0. The highest BCUT2D eigenvalue weighted by Gasteiger charge is 2.64. The van der Waals surface area contributed by atoms with E-state index in [0.717, 1.165) is 29.4 Å². The summed E-state index contributed by atoms with van der Waals surface area (Å²) in [5.41, 5.74) is 1.04. The fourth-order valence-corrected chi connectivity index (χ4v) is 5.29. The van der Waals surface area contributed by atoms with E-state index in [4.69, 9.17) is 0 Å². The minimum Gasteiger partial charge on any atom is -0.382 e. The molecule has 0 saturated heterocycles. The second-order valence-corrected chi connectivity index (χ2v) is 8.28. The van der Waals surface area contributed by atoms with Crippen molar-refractivity contribution >= 4 is 15.7 Å². The Morgan fingerprint density at radius 3 is 2.20 bits per heavy atom. The van der Waals surface area contributed by atoms with Gasteiger partial charge in [-0.25, -0.2) is 13.1 Å². The first-order chi connectivity index (χ1) is 9.60. The van der Waals surface area contributed by atoms with Crippen LogP contribution in [0.15, 0.2) is 29.2 Å². The molecule has 2 N–H and O–H groups in total. The fraction of sp³-hybridized carbons (Fsp3) is 0.600. The first kappa shape index (κ1) is 12.7. The third-order valence-corrected chi connectivity index (χ3v) is 6.93. The number of nitrogens with one attached hydrogen (secondary N) is 2. The van der Waals surface area contributed by atoms with Crippen molar-refractivity contribution in [3.63, 3.8) is 0 Å². The summed E-state index contributed by atoms with van der Waals surface area (Å²) in [6.07, 6.45) is 4.29. The van der Waals surface area contributed by atoms with Crippen LogP contribution < -0.4 is 10.0 Å². The molecule has 3 saturated carbocycles. The lowest BCUT2D eigenvalue weighted by atomic mass is 10.0. The number of benzene rings is 1. The molecule has 20 heavy (non-hydrogen) atoms. The molecule has 5 heteroatoms. The lowest BCUT2D eigenvalue weighted by molar-refractivity contribution is 0.456. The molecule has 4 nitrogen and oxygen atoms in total. The van der Waals surface area contributed by atoms with Crippen LogP contribution in [0.25, 0.3) is 0 Å². The lowest BCUT2D eigenvalue weighted by Gasteiger charge is -2.12. The first-order valence-electron chi connectivity index (χ1n) is 7.40. The average Bonchev–Trinajstić information content (AvgIpc) is 2.85. The van der Waals surface area contributed by atoms with E-state index in [1.165, 1.54) is 26.3 Å². The van der Waals surface area contributed by atoms with Crippen molar-refractivity contribution in [1.82, 2.24) is 4.72 Å². The second-order valence-electron chi connectivity index (χ2n) is 6.39. The van der Waals surface area contributed by atoms with Gasteiger partial charge in [0.1, 0.15) is 0 Å². The predicted molar refractivity (Wildman–Crippen MR) is 77.9 cm³/mol. The summed E-state index contributed by atoms with van der Waals surface area (Å²) in [7, 11) is -1.89. The molecule has 0 radical (unpaired) electrons. The Balaban J connectivity index is 1.46. The number of hydrogen-bond donors (Lipinski definition) is 2. The Labute approximate surface area is 120 Å². The number of anilines is 1. The summed E-state index contributed by atoms with van der Waals surface area (Å²) in [4.78, 5) is 0.321. The maximum atomic E-state index is 11.7. The molecule has 1 aromatic carbocycles. The Morgan fingerprint density at radius 1 is 1.05 bits per heavy atom. The van der Waals surface area contributed by atoms with Gasteiger partial charge < -0.3 is 5.32 Å². The van der Waals surface area contributed by atoms with Gasteiger partial charge in [0, 0.05) is 11.7 Å². The predicted octanol–water partition coefficient (Wildman–Crippen LogP) is 2.05. The molecule has 2 bridgehead atoms. The smallest absolute Gasteiger partial charge is 0.240 e. The van der Waals surface area contributed by atoms with E-state index < -0.39 is 10.0 Å². The third kappa shape index (κ3) is 1.79. The highest BCUT2D eigenvalue weighted by Crippen LogP contribution is 2.66. The van der Waals surface area contributed by atoms with Crippen molar-refractivity contribution in [2.45, 2.75) is 30.2 Å². The van der Waals surface area contributed by atoms with E-state index in [2.05, 4.69) is 10.0 Å². The summed E-state index contributed by atoms with van der Waals surface area (Å²) in [6, 6.07) is 7.72. The number of hydrogen-bond acceptors (Lipinski definition) is 3. The van der Waals surface area contributed by atoms with Crippen LogP contribution in [0.5, 0.6) is 0 Å². The van der Waals surface area contributed by atoms with Crippen LogP contribution in [0.2, 0.25) is 0 Å². The molecule has 0 aromatic heterocycles. The van der Waals surface area contributed by atoms with Crippen LogP contribution >= 0.6 is 0 Å². The van der Waals surface area contributed by atoms with Crippen LogP contribution in [-0.2, 0) is 10.0 Å². The molecule has 4 atom stereocenters. The van der Waals surface area contributed by atoms with E-state index in [9.17, 15) is 8.42 Å². The Morgan fingerprint density at radius 2 is 1.65 bits per heavy atom. The standard InChI is InChI=1S/C15H20N2O2S/c1-16-20(18,19)12-6-4-11(5-7-12)17-15-13-9-2-3-10(8-9)14(13)15/h4-7,9-10,13-17H,2-3,8H2,1H3. The maximum Gasteiger partial charge on any atom is 0.240 e. The van der Waals surface area contributed by atoms with Gasteiger partial charge in [0.15, 0.2) is 0 Å². The highest BCUT2D eigenvalue weighted by molar-refractivity contribution is 7.89. The molecule has 108 valence electrons. The van der Waals surface area contributed by atoms with Crippen molar-refractivity contribution in [3.8, 4) is 0 Å². The van der Waals surface area contributed by atoms with Gasteiger partial charge in [0.2, 0.25) is 10.0 Å². The maximum absolute atomic E-state index is 11.7. The van der Waals surface area contributed by atoms with Crippen LogP contribution in [-0.4, -0.2) is 21.5 Å². The molecule has 3 fully saturated rings. The average molecular weight is 292 g/mol. The monoisotopic (exact) mass is 292 g/mol. The van der Waals surface area contributed by atoms with Gasteiger partial charge in [0.05, 0.1) is 4.90 Å². The van der Waals surface area contributed by atoms with E-state index >= 15 is 0 Å². The van der Waals surface area contributed by atoms with Crippen LogP contribution in [0.4, 0.5) is 5.69 Å². The summed E-state index contributed by atoms with van der Waals surface area (Å²) in [5, 5.41) is 3.60. The number of rotatable bonds is 4. The normalized spacial score (nSPS) is 37.8. The molecular weight excluding hydrogens is 272 g/mol. The van der Waals surface area contributed by atoms with Gasteiger partial charge in [-0.2, -0.15) is 0 Å². The van der Waals surface area contributed by atoms with Crippen molar-refractivity contribution in [3.05, 3.63) is 24.3 Å². The van der Waals surface area contributed by atoms with Crippen molar-refractivity contribution in [1.29, 1.82) is 0 Å². The molecule has 0 spiro atoms. The Bertz CT molecular complexity index is 610. The van der Waals surface area contributed by atoms with Crippen molar-refractivity contribution in [2.24, 2.45) is 23.7 Å². The zero-order chi connectivity index (χ0) is 13.9. The van der Waals surface area contributed by atoms with E-state index in [1.54, 1.807) is 12.1 Å². The largest absolute Gasteiger partial charge is 0.382 e. The van der Waals surface area contributed by atoms with E-state index in [0.29, 0.717) is 10.9 Å². The molecule has 4 unspecified atom stereocenters. The zero-order valence-electron chi connectivity index (χ0n) is 11.5. The fourth-order valence-electron chi connectivity index (χ4n) is 4.56. The molecule has 1 aromatic rings. The van der Waals surface area contributed by atoms with Crippen molar-refractivity contribution < 1.29 is 8.42 Å². The quantitative estimate of drug-likeness (QED) is 0.893. The van der Waals surface area contributed by atoms with Gasteiger partial charge in [-0.3, -0.25) is 0 Å². The van der Waals surface area contributed by atoms with Crippen LogP contribution in [0.1, 0.15) is 19.3 Å². The van der Waals surface area contributed by atoms with Gasteiger partial charge >= 0.3 is 0 Å². The van der Waals surface area contributed by atoms with E-state index in [-0.39, 0.29) is 0 Å². The molecule has 3 aliphatic carbocycles. The topological polar surface area (TPSA) is 58.2 Å². The summed E-state index contributed by atoms with van der Waals surface area (Å²) < 4.78 is 25.7. The van der Waals surface area contributed by atoms with Gasteiger partial charge in [-0.05, 0) is 74.2 Å². The minimum absolute atomic E-state index is 0.321. The summed E-state index contributed by atoms with van der Waals surface area (Å²) in [6.45, 7) is 0. The SMILES string of the molecule is CNS(=O)(=O)c1ccc(NC2C3C4CCC(C4)C23)cc1. The van der Waals surface area contributed by atoms with E-state index in [1.807, 2.05) is 12.1 Å². The van der Waals surface area contributed by atoms with Crippen LogP contribution in [0.3, 0.4) is 0 Å². The van der Waals surface area contributed by atoms with Gasteiger partial charge in [0.25, 0.3) is 0 Å². The molecular formula is C15H20N2O2S. The van der Waals surface area contributed by atoms with Crippen LogP contribution in [0, 0.1) is 23.7 Å². The first-order valence-corrected chi connectivity index (χ1v) is 8.88. The minimum atomic E-state index is -3.33. The lowest BCUT2D eigenvalue weighted by Crippen LogP contribution is -2.18. The van der Waals surface area contributed by atoms with Gasteiger partial charge in [-0.1, -0.05) is 0 Å². The molecule has 0 heterocycles. The Hall–Kier alpha value is -1.07. The third-order valence-electron chi connectivity index (χ3n) is 5.50.